The van der Waals surface area contributed by atoms with Crippen LogP contribution < -0.4 is 14.8 Å². The van der Waals surface area contributed by atoms with E-state index in [0.717, 1.165) is 5.56 Å². The van der Waals surface area contributed by atoms with Crippen molar-refractivity contribution in [3.8, 4) is 23.4 Å². The zero-order valence-corrected chi connectivity index (χ0v) is 11.5. The first-order chi connectivity index (χ1) is 9.66. The van der Waals surface area contributed by atoms with Crippen LogP contribution in [0.25, 0.3) is 0 Å². The smallest absolute Gasteiger partial charge is 0.226 e. The summed E-state index contributed by atoms with van der Waals surface area (Å²) in [7, 11) is 3.27. The highest BCUT2D eigenvalue weighted by atomic mass is 16.5. The fourth-order valence-corrected chi connectivity index (χ4v) is 1.57. The van der Waals surface area contributed by atoms with Gasteiger partial charge in [0.2, 0.25) is 11.8 Å². The Labute approximate surface area is 117 Å². The molecule has 0 atom stereocenters. The number of aromatic nitrogens is 2. The monoisotopic (exact) mass is 270 g/mol. The maximum Gasteiger partial charge on any atom is 0.226 e. The molecule has 0 aliphatic rings. The van der Waals surface area contributed by atoms with Crippen LogP contribution in [-0.2, 0) is 0 Å². The minimum Gasteiger partial charge on any atom is -0.497 e. The van der Waals surface area contributed by atoms with Crippen LogP contribution in [0.3, 0.4) is 0 Å². The van der Waals surface area contributed by atoms with Crippen LogP contribution in [0.5, 0.6) is 17.4 Å². The molecule has 0 aliphatic carbocycles. The SMILES string of the molecule is CNc1ncc(C)c(Oc2cc(C#N)cc(OC)c2)n1. The molecule has 6 nitrogen and oxygen atoms in total. The molecule has 1 N–H and O–H groups in total. The molecule has 20 heavy (non-hydrogen) atoms. The van der Waals surface area contributed by atoms with Gasteiger partial charge in [-0.05, 0) is 19.1 Å². The normalized spacial score (nSPS) is 9.70. The lowest BCUT2D eigenvalue weighted by molar-refractivity contribution is 0.406. The number of aryl methyl sites for hydroxylation is 1. The molecule has 0 radical (unpaired) electrons. The van der Waals surface area contributed by atoms with Crippen LogP contribution in [0.15, 0.2) is 24.4 Å². The van der Waals surface area contributed by atoms with Crippen molar-refractivity contribution in [1.82, 2.24) is 9.97 Å². The Hall–Kier alpha value is -2.81. The summed E-state index contributed by atoms with van der Waals surface area (Å²) in [5.41, 5.74) is 1.25. The third-order valence-electron chi connectivity index (χ3n) is 2.61. The number of nitrogens with zero attached hydrogens (tertiary/aromatic N) is 3. The minimum atomic E-state index is 0.432. The number of nitriles is 1. The molecule has 2 rings (SSSR count). The third-order valence-corrected chi connectivity index (χ3v) is 2.61. The molecular formula is C14H14N4O2. The van der Waals surface area contributed by atoms with Gasteiger partial charge >= 0.3 is 0 Å². The van der Waals surface area contributed by atoms with Crippen molar-refractivity contribution in [3.63, 3.8) is 0 Å². The van der Waals surface area contributed by atoms with Gasteiger partial charge in [-0.1, -0.05) is 0 Å². The molecule has 2 aromatic rings. The Bertz CT molecular complexity index is 665. The highest BCUT2D eigenvalue weighted by Gasteiger charge is 2.08. The molecule has 0 spiro atoms. The Morgan fingerprint density at radius 3 is 2.65 bits per heavy atom. The lowest BCUT2D eigenvalue weighted by Crippen LogP contribution is -2.00. The summed E-state index contributed by atoms with van der Waals surface area (Å²) in [5, 5.41) is 11.8. The molecule has 1 aromatic carbocycles. The van der Waals surface area contributed by atoms with Crippen LogP contribution in [0, 0.1) is 18.3 Å². The first-order valence-corrected chi connectivity index (χ1v) is 5.94. The highest BCUT2D eigenvalue weighted by Crippen LogP contribution is 2.28. The average Bonchev–Trinajstić information content (AvgIpc) is 2.49. The van der Waals surface area contributed by atoms with Crippen LogP contribution in [-0.4, -0.2) is 24.1 Å². The summed E-state index contributed by atoms with van der Waals surface area (Å²) in [6.45, 7) is 1.85. The predicted octanol–water partition coefficient (Wildman–Crippen LogP) is 2.50. The van der Waals surface area contributed by atoms with E-state index in [1.807, 2.05) is 6.92 Å². The molecule has 0 bridgehead atoms. The summed E-state index contributed by atoms with van der Waals surface area (Å²) in [4.78, 5) is 8.32. The van der Waals surface area contributed by atoms with Gasteiger partial charge in [0, 0.05) is 24.9 Å². The second-order valence-corrected chi connectivity index (χ2v) is 4.04. The Kier molecular flexibility index (Phi) is 4.01. The van der Waals surface area contributed by atoms with Crippen molar-refractivity contribution in [3.05, 3.63) is 35.5 Å². The molecule has 102 valence electrons. The fraction of sp³-hybridized carbons (Fsp3) is 0.214. The second kappa shape index (κ2) is 5.89. The molecule has 1 heterocycles. The topological polar surface area (TPSA) is 80.1 Å². The van der Waals surface area contributed by atoms with E-state index < -0.39 is 0 Å². The number of nitrogens with one attached hydrogen (secondary N) is 1. The number of rotatable bonds is 4. The molecule has 1 aromatic heterocycles. The summed E-state index contributed by atoms with van der Waals surface area (Å²) < 4.78 is 10.8. The van der Waals surface area contributed by atoms with E-state index in [9.17, 15) is 0 Å². The van der Waals surface area contributed by atoms with E-state index in [1.165, 1.54) is 7.11 Å². The first kappa shape index (κ1) is 13.6. The van der Waals surface area contributed by atoms with Gasteiger partial charge in [-0.25, -0.2) is 4.98 Å². The largest absolute Gasteiger partial charge is 0.497 e. The number of ether oxygens (including phenoxy) is 2. The van der Waals surface area contributed by atoms with Crippen LogP contribution >= 0.6 is 0 Å². The van der Waals surface area contributed by atoms with Gasteiger partial charge in [0.1, 0.15) is 11.5 Å². The minimum absolute atomic E-state index is 0.432. The fourth-order valence-electron chi connectivity index (χ4n) is 1.57. The van der Waals surface area contributed by atoms with E-state index in [2.05, 4.69) is 21.4 Å². The van der Waals surface area contributed by atoms with Crippen LogP contribution in [0.2, 0.25) is 0 Å². The zero-order valence-electron chi connectivity index (χ0n) is 11.5. The van der Waals surface area contributed by atoms with Crippen molar-refractivity contribution in [1.29, 1.82) is 5.26 Å². The predicted molar refractivity (Wildman–Crippen MR) is 74.1 cm³/mol. The Morgan fingerprint density at radius 1 is 1.25 bits per heavy atom. The van der Waals surface area contributed by atoms with Crippen molar-refractivity contribution >= 4 is 5.95 Å². The number of anilines is 1. The number of benzene rings is 1. The zero-order chi connectivity index (χ0) is 14.5. The molecule has 0 unspecified atom stereocenters. The Morgan fingerprint density at radius 2 is 2.00 bits per heavy atom. The maximum atomic E-state index is 8.99. The highest BCUT2D eigenvalue weighted by molar-refractivity contribution is 5.45. The molecule has 0 saturated carbocycles. The van der Waals surface area contributed by atoms with E-state index in [1.54, 1.807) is 31.4 Å². The van der Waals surface area contributed by atoms with Crippen molar-refractivity contribution in [2.45, 2.75) is 6.92 Å². The quantitative estimate of drug-likeness (QED) is 0.919. The van der Waals surface area contributed by atoms with Gasteiger partial charge in [0.05, 0.1) is 18.7 Å². The van der Waals surface area contributed by atoms with Crippen LogP contribution in [0.4, 0.5) is 5.95 Å². The van der Waals surface area contributed by atoms with Gasteiger partial charge in [-0.15, -0.1) is 0 Å². The van der Waals surface area contributed by atoms with Gasteiger partial charge in [0.25, 0.3) is 0 Å². The molecule has 6 heteroatoms. The Balaban J connectivity index is 2.37. The van der Waals surface area contributed by atoms with Gasteiger partial charge in [0.15, 0.2) is 0 Å². The van der Waals surface area contributed by atoms with Crippen molar-refractivity contribution < 1.29 is 9.47 Å². The van der Waals surface area contributed by atoms with E-state index in [0.29, 0.717) is 28.9 Å². The van der Waals surface area contributed by atoms with Gasteiger partial charge in [-0.2, -0.15) is 10.2 Å². The molecular weight excluding hydrogens is 256 g/mol. The standard InChI is InChI=1S/C14H14N4O2/c1-9-8-17-14(16-2)18-13(9)20-12-5-10(7-15)4-11(6-12)19-3/h4-6,8H,1-3H3,(H,16,17,18). The van der Waals surface area contributed by atoms with Crippen LogP contribution in [0.1, 0.15) is 11.1 Å². The lowest BCUT2D eigenvalue weighted by atomic mass is 10.2. The van der Waals surface area contributed by atoms with Crippen molar-refractivity contribution in [2.75, 3.05) is 19.5 Å². The summed E-state index contributed by atoms with van der Waals surface area (Å²) in [6.07, 6.45) is 1.67. The first-order valence-electron chi connectivity index (χ1n) is 5.94. The molecule has 0 saturated heterocycles. The molecule has 0 fully saturated rings. The van der Waals surface area contributed by atoms with E-state index in [-0.39, 0.29) is 0 Å². The maximum absolute atomic E-state index is 8.99. The third kappa shape index (κ3) is 2.95. The average molecular weight is 270 g/mol. The van der Waals surface area contributed by atoms with Gasteiger partial charge < -0.3 is 14.8 Å². The van der Waals surface area contributed by atoms with E-state index >= 15 is 0 Å². The summed E-state index contributed by atoms with van der Waals surface area (Å²) in [6, 6.07) is 7.02. The van der Waals surface area contributed by atoms with Gasteiger partial charge in [-0.3, -0.25) is 0 Å². The summed E-state index contributed by atoms with van der Waals surface area (Å²) in [5.74, 6) is 1.94. The molecule has 0 amide bonds. The summed E-state index contributed by atoms with van der Waals surface area (Å²) >= 11 is 0. The molecule has 0 aliphatic heterocycles. The van der Waals surface area contributed by atoms with E-state index in [4.69, 9.17) is 14.7 Å². The number of hydrogen-bond donors (Lipinski definition) is 1. The lowest BCUT2D eigenvalue weighted by Gasteiger charge is -2.10. The number of methoxy groups -OCH3 is 1. The van der Waals surface area contributed by atoms with Crippen molar-refractivity contribution in [2.24, 2.45) is 0 Å². The second-order valence-electron chi connectivity index (χ2n) is 4.04. The number of hydrogen-bond acceptors (Lipinski definition) is 6.